The van der Waals surface area contributed by atoms with Gasteiger partial charge in [0, 0.05) is 36.9 Å². The summed E-state index contributed by atoms with van der Waals surface area (Å²) in [6.07, 6.45) is 65.9. The molecule has 0 aromatic carbocycles. The topological polar surface area (TPSA) is 66.0 Å². The smallest absolute Gasteiger partial charge is 0.247 e. The molecule has 0 amide bonds. The Morgan fingerprint density at radius 1 is 0.208 bits per heavy atom. The van der Waals surface area contributed by atoms with Crippen LogP contribution in [0.2, 0.25) is 0 Å². The minimum atomic E-state index is -0.409. The van der Waals surface area contributed by atoms with Gasteiger partial charge in [-0.05, 0) is 36.5 Å². The van der Waals surface area contributed by atoms with E-state index >= 15 is 0 Å². The van der Waals surface area contributed by atoms with Gasteiger partial charge in [0.15, 0.2) is 0 Å². The monoisotopic (exact) mass is 1070 g/mol. The molecule has 0 aliphatic carbocycles. The minimum absolute atomic E-state index is 0.375. The third-order valence-corrected chi connectivity index (χ3v) is 18.3. The molecule has 0 radical (unpaired) electrons. The molecule has 1 aromatic rings. The number of unbranched alkanes of at least 4 members (excludes halogenated alkanes) is 45. The Kier molecular flexibility index (Phi) is 54.7. The van der Waals surface area contributed by atoms with Crippen molar-refractivity contribution in [2.45, 2.75) is 349 Å². The van der Waals surface area contributed by atoms with Crippen molar-refractivity contribution in [3.8, 4) is 0 Å². The maximum atomic E-state index is 13.7. The van der Waals surface area contributed by atoms with E-state index in [-0.39, 0.29) is 0 Å². The van der Waals surface area contributed by atoms with Crippen LogP contribution in [0.3, 0.4) is 0 Å². The molecule has 0 spiro atoms. The number of nitrogens with zero attached hydrogens (tertiary/aromatic N) is 3. The summed E-state index contributed by atoms with van der Waals surface area (Å²) in [7, 11) is 0. The molecule has 426 valence electrons. The largest absolute Gasteiger partial charge is 0.336 e. The fourth-order valence-electron chi connectivity index (χ4n) is 10.3. The number of hydrogen-bond donors (Lipinski definition) is 0. The van der Waals surface area contributed by atoms with Crippen molar-refractivity contribution >= 4 is 35.3 Å². The van der Waals surface area contributed by atoms with Gasteiger partial charge in [0.25, 0.3) is 0 Å². The average Bonchev–Trinajstić information content (AvgIpc) is 3.38. The van der Waals surface area contributed by atoms with E-state index in [9.17, 15) is 14.4 Å². The van der Waals surface area contributed by atoms with Crippen molar-refractivity contribution in [3.63, 3.8) is 0 Å². The molecule has 0 fully saturated rings. The van der Waals surface area contributed by atoms with Gasteiger partial charge in [-0.3, -0.25) is 0 Å². The first kappa shape index (κ1) is 69.5. The Morgan fingerprint density at radius 3 is 0.500 bits per heavy atom. The van der Waals surface area contributed by atoms with E-state index in [1.807, 2.05) is 35.3 Å². The molecule has 1 rings (SSSR count). The summed E-state index contributed by atoms with van der Waals surface area (Å²) in [5, 5.41) is 0. The van der Waals surface area contributed by atoms with Crippen LogP contribution < -0.4 is 17.1 Å². The molecule has 1 aromatic heterocycles. The van der Waals surface area contributed by atoms with Crippen molar-refractivity contribution in [2.75, 3.05) is 34.5 Å². The zero-order valence-corrected chi connectivity index (χ0v) is 51.0. The second kappa shape index (κ2) is 56.7. The zero-order chi connectivity index (χ0) is 51.9. The van der Waals surface area contributed by atoms with E-state index < -0.39 is 17.1 Å². The second-order valence-electron chi connectivity index (χ2n) is 22.0. The molecule has 0 aliphatic rings. The van der Waals surface area contributed by atoms with Crippen LogP contribution >= 0.6 is 35.3 Å². The first-order valence-corrected chi connectivity index (χ1v) is 35.7. The molecule has 72 heavy (non-hydrogen) atoms. The third-order valence-electron chi connectivity index (χ3n) is 15.2. The Bertz CT molecular complexity index is 1230. The van der Waals surface area contributed by atoms with Gasteiger partial charge in [0.05, 0.1) is 0 Å². The highest BCUT2D eigenvalue weighted by Gasteiger charge is 2.15. The van der Waals surface area contributed by atoms with E-state index in [0.717, 1.165) is 34.5 Å². The zero-order valence-electron chi connectivity index (χ0n) is 48.6. The minimum Gasteiger partial charge on any atom is -0.247 e. The molecule has 0 N–H and O–H groups in total. The van der Waals surface area contributed by atoms with Gasteiger partial charge in [-0.15, -0.1) is 0 Å². The first-order valence-electron chi connectivity index (χ1n) is 32.3. The van der Waals surface area contributed by atoms with Crippen molar-refractivity contribution in [1.82, 2.24) is 13.7 Å². The lowest BCUT2D eigenvalue weighted by atomic mass is 10.0. The quantitative estimate of drug-likeness (QED) is 0.0606. The van der Waals surface area contributed by atoms with E-state index in [1.54, 1.807) is 0 Å². The van der Waals surface area contributed by atoms with Crippen LogP contribution in [-0.4, -0.2) is 48.2 Å². The van der Waals surface area contributed by atoms with Crippen LogP contribution in [0.15, 0.2) is 14.4 Å². The maximum absolute atomic E-state index is 13.7. The molecule has 9 heteroatoms. The van der Waals surface area contributed by atoms with Crippen LogP contribution in [0.1, 0.15) is 329 Å². The van der Waals surface area contributed by atoms with Crippen molar-refractivity contribution in [3.05, 3.63) is 31.5 Å². The summed E-state index contributed by atoms with van der Waals surface area (Å²) in [5.41, 5.74) is -1.23. The molecular weight excluding hydrogens is 943 g/mol. The summed E-state index contributed by atoms with van der Waals surface area (Å²) < 4.78 is 4.13. The first-order chi connectivity index (χ1) is 35.6. The highest BCUT2D eigenvalue weighted by Crippen LogP contribution is 2.18. The molecule has 0 aliphatic heterocycles. The number of aromatic nitrogens is 3. The van der Waals surface area contributed by atoms with Crippen LogP contribution in [-0.2, 0) is 19.6 Å². The fraction of sp³-hybridized carbons (Fsp3) is 0.952. The molecular formula is C63H123N3O3S3. The van der Waals surface area contributed by atoms with Crippen LogP contribution in [0, 0.1) is 0 Å². The second-order valence-corrected chi connectivity index (χ2v) is 25.7. The Labute approximate surface area is 460 Å². The highest BCUT2D eigenvalue weighted by molar-refractivity contribution is 7.99. The number of thioether (sulfide) groups is 3. The molecule has 1 heterocycles. The Hall–Kier alpha value is -0.540. The normalized spacial score (nSPS) is 11.7. The van der Waals surface area contributed by atoms with Gasteiger partial charge in [0.2, 0.25) is 0 Å². The predicted molar refractivity (Wildman–Crippen MR) is 330 cm³/mol. The summed E-state index contributed by atoms with van der Waals surface area (Å²) in [4.78, 5) is 41.2. The van der Waals surface area contributed by atoms with E-state index in [4.69, 9.17) is 0 Å². The van der Waals surface area contributed by atoms with Gasteiger partial charge in [0.1, 0.15) is 0 Å². The molecule has 0 unspecified atom stereocenters. The molecule has 0 saturated carbocycles. The SMILES string of the molecule is CCCCCCCCCCCCCCCCCCSCCn1c(=O)n(CCSCCCCCCCCCCCCCCCCCC)c(=O)n(CCSCCCCCCCCCCCCCCCCCC)c1=O. The van der Waals surface area contributed by atoms with Gasteiger partial charge in [-0.2, -0.15) is 35.3 Å². The van der Waals surface area contributed by atoms with Crippen LogP contribution in [0.4, 0.5) is 0 Å². The summed E-state index contributed by atoms with van der Waals surface area (Å²) in [6.45, 7) is 8.00. The molecule has 0 atom stereocenters. The Morgan fingerprint density at radius 2 is 0.347 bits per heavy atom. The lowest BCUT2D eigenvalue weighted by Gasteiger charge is -2.14. The maximum Gasteiger partial charge on any atom is 0.336 e. The standard InChI is InChI=1S/C63H123N3O3S3/c1-4-7-10-13-16-19-22-25-28-31-34-37-40-43-46-49-55-70-58-52-64-61(67)65(53-59-71-56-50-47-44-41-38-35-32-29-26-23-20-17-14-11-8-5-2)63(69)66(62(64)68)54-60-72-57-51-48-45-42-39-36-33-30-27-24-21-18-15-12-9-6-3/h4-60H2,1-3H3. The number of rotatable bonds is 60. The van der Waals surface area contributed by atoms with Gasteiger partial charge in [-0.25, -0.2) is 28.1 Å². The van der Waals surface area contributed by atoms with Gasteiger partial charge < -0.3 is 0 Å². The Balaban J connectivity index is 2.41. The highest BCUT2D eigenvalue weighted by atomic mass is 32.2. The third kappa shape index (κ3) is 43.5. The lowest BCUT2D eigenvalue weighted by molar-refractivity contribution is 0.476. The molecule has 0 saturated heterocycles. The van der Waals surface area contributed by atoms with Crippen LogP contribution in [0.25, 0.3) is 0 Å². The predicted octanol–water partition coefficient (Wildman–Crippen LogP) is 20.2. The summed E-state index contributed by atoms with van der Waals surface area (Å²) in [6, 6.07) is 0. The van der Waals surface area contributed by atoms with Crippen molar-refractivity contribution in [2.24, 2.45) is 0 Å². The fourth-order valence-corrected chi connectivity index (χ4v) is 13.1. The lowest BCUT2D eigenvalue weighted by Crippen LogP contribution is -2.55. The molecule has 6 nitrogen and oxygen atoms in total. The van der Waals surface area contributed by atoms with Crippen LogP contribution in [0.5, 0.6) is 0 Å². The van der Waals surface area contributed by atoms with Gasteiger partial charge in [-0.1, -0.05) is 310 Å². The van der Waals surface area contributed by atoms with Crippen molar-refractivity contribution < 1.29 is 0 Å². The number of hydrogen-bond acceptors (Lipinski definition) is 6. The average molecular weight is 1070 g/mol. The van der Waals surface area contributed by atoms with Gasteiger partial charge >= 0.3 is 17.1 Å². The molecule has 0 bridgehead atoms. The van der Waals surface area contributed by atoms with E-state index in [0.29, 0.717) is 19.6 Å². The van der Waals surface area contributed by atoms with E-state index in [2.05, 4.69) is 20.8 Å². The summed E-state index contributed by atoms with van der Waals surface area (Å²) in [5.74, 6) is 5.38. The summed E-state index contributed by atoms with van der Waals surface area (Å²) >= 11 is 5.54. The van der Waals surface area contributed by atoms with E-state index in [1.165, 1.54) is 322 Å². The van der Waals surface area contributed by atoms with Crippen molar-refractivity contribution in [1.29, 1.82) is 0 Å².